The fourth-order valence-electron chi connectivity index (χ4n) is 2.40. The molecule has 1 aliphatic heterocycles. The van der Waals surface area contributed by atoms with Gasteiger partial charge < -0.3 is 10.6 Å². The Hall–Kier alpha value is -1.81. The number of aryl methyl sites for hydroxylation is 1. The normalized spacial score (nSPS) is 16.8. The maximum atomic E-state index is 12.2. The lowest BCUT2D eigenvalue weighted by Gasteiger charge is -2.10. The van der Waals surface area contributed by atoms with E-state index in [0.29, 0.717) is 13.1 Å². The van der Waals surface area contributed by atoms with Crippen molar-refractivity contribution in [2.45, 2.75) is 19.4 Å². The molecule has 0 bridgehead atoms. The van der Waals surface area contributed by atoms with E-state index in [2.05, 4.69) is 29.7 Å². The van der Waals surface area contributed by atoms with Crippen LogP contribution in [-0.2, 0) is 11.3 Å². The average Bonchev–Trinajstić information content (AvgIpc) is 3.02. The van der Waals surface area contributed by atoms with Crippen LogP contribution in [-0.4, -0.2) is 12.5 Å². The fraction of sp³-hybridized carbons (Fsp3) is 0.267. The summed E-state index contributed by atoms with van der Waals surface area (Å²) in [6, 6.07) is 12.2. The second-order valence-corrected chi connectivity index (χ2v) is 6.12. The number of anilines is 1. The number of para-hydroxylation sites is 1. The summed E-state index contributed by atoms with van der Waals surface area (Å²) >= 11 is 1.73. The molecule has 0 fully saturated rings. The number of rotatable bonds is 3. The van der Waals surface area contributed by atoms with Crippen LogP contribution in [0.5, 0.6) is 0 Å². The van der Waals surface area contributed by atoms with Gasteiger partial charge in [0.05, 0.1) is 12.5 Å². The number of fused-ring (bicyclic) bond motifs is 1. The van der Waals surface area contributed by atoms with Gasteiger partial charge in [0, 0.05) is 22.0 Å². The molecule has 1 aromatic carbocycles. The number of carbonyl (C=O) groups is 1. The third-order valence-electron chi connectivity index (χ3n) is 3.38. The van der Waals surface area contributed by atoms with Crippen molar-refractivity contribution in [2.75, 3.05) is 11.9 Å². The van der Waals surface area contributed by atoms with Crippen LogP contribution in [0.1, 0.15) is 21.2 Å². The van der Waals surface area contributed by atoms with Gasteiger partial charge in [0.2, 0.25) is 5.91 Å². The summed E-state index contributed by atoms with van der Waals surface area (Å²) in [5.74, 6) is 0.0285. The van der Waals surface area contributed by atoms with Gasteiger partial charge in [-0.25, -0.2) is 0 Å². The minimum atomic E-state index is -0.0720. The first-order valence-electron chi connectivity index (χ1n) is 6.40. The zero-order valence-corrected chi connectivity index (χ0v) is 11.6. The Morgan fingerprint density at radius 3 is 3.00 bits per heavy atom. The first kappa shape index (κ1) is 12.2. The van der Waals surface area contributed by atoms with Gasteiger partial charge in [0.25, 0.3) is 0 Å². The highest BCUT2D eigenvalue weighted by Crippen LogP contribution is 2.31. The summed E-state index contributed by atoms with van der Waals surface area (Å²) in [5, 5.41) is 6.30. The number of carbonyl (C=O) groups excluding carboxylic acids is 1. The standard InChI is InChI=1S/C15H16N2OS/c1-10-6-7-11(19-10)8-17-15(18)13-9-16-14-5-3-2-4-12(13)14/h2-7,13,16H,8-9H2,1H3,(H,17,18). The first-order valence-corrected chi connectivity index (χ1v) is 7.21. The first-order chi connectivity index (χ1) is 9.24. The molecule has 1 amide bonds. The monoisotopic (exact) mass is 272 g/mol. The van der Waals surface area contributed by atoms with Crippen molar-refractivity contribution >= 4 is 22.9 Å². The quantitative estimate of drug-likeness (QED) is 0.902. The smallest absolute Gasteiger partial charge is 0.229 e. The van der Waals surface area contributed by atoms with E-state index in [1.807, 2.05) is 24.3 Å². The van der Waals surface area contributed by atoms with Gasteiger partial charge in [0.1, 0.15) is 0 Å². The molecule has 19 heavy (non-hydrogen) atoms. The molecule has 3 nitrogen and oxygen atoms in total. The van der Waals surface area contributed by atoms with Crippen LogP contribution in [0.4, 0.5) is 5.69 Å². The largest absolute Gasteiger partial charge is 0.384 e. The lowest BCUT2D eigenvalue weighted by atomic mass is 10.0. The molecule has 2 N–H and O–H groups in total. The summed E-state index contributed by atoms with van der Waals surface area (Å²) in [6.45, 7) is 3.39. The Morgan fingerprint density at radius 2 is 2.21 bits per heavy atom. The Kier molecular flexibility index (Phi) is 3.25. The predicted octanol–water partition coefficient (Wildman–Crippen LogP) is 2.88. The van der Waals surface area contributed by atoms with Crippen molar-refractivity contribution in [3.8, 4) is 0 Å². The summed E-state index contributed by atoms with van der Waals surface area (Å²) in [7, 11) is 0. The van der Waals surface area contributed by atoms with Gasteiger partial charge in [-0.2, -0.15) is 0 Å². The third-order valence-corrected chi connectivity index (χ3v) is 4.38. The Bertz CT molecular complexity index is 606. The number of benzene rings is 1. The topological polar surface area (TPSA) is 41.1 Å². The lowest BCUT2D eigenvalue weighted by Crippen LogP contribution is -2.29. The predicted molar refractivity (Wildman–Crippen MR) is 78.6 cm³/mol. The molecule has 98 valence electrons. The van der Waals surface area contributed by atoms with Crippen molar-refractivity contribution < 1.29 is 4.79 Å². The van der Waals surface area contributed by atoms with Gasteiger partial charge in [-0.05, 0) is 30.7 Å². The SMILES string of the molecule is Cc1ccc(CNC(=O)C2CNc3ccccc32)s1. The van der Waals surface area contributed by atoms with Crippen LogP contribution in [0, 0.1) is 6.92 Å². The number of thiophene rings is 1. The van der Waals surface area contributed by atoms with Crippen LogP contribution in [0.25, 0.3) is 0 Å². The summed E-state index contributed by atoms with van der Waals surface area (Å²) in [6.07, 6.45) is 0. The van der Waals surface area contributed by atoms with E-state index in [1.54, 1.807) is 11.3 Å². The number of hydrogen-bond donors (Lipinski definition) is 2. The molecule has 1 unspecified atom stereocenters. The van der Waals surface area contributed by atoms with E-state index in [9.17, 15) is 4.79 Å². The fourth-order valence-corrected chi connectivity index (χ4v) is 3.23. The maximum Gasteiger partial charge on any atom is 0.229 e. The van der Waals surface area contributed by atoms with Crippen LogP contribution >= 0.6 is 11.3 Å². The van der Waals surface area contributed by atoms with E-state index >= 15 is 0 Å². The van der Waals surface area contributed by atoms with Gasteiger partial charge in [-0.1, -0.05) is 18.2 Å². The van der Waals surface area contributed by atoms with Crippen molar-refractivity contribution in [3.63, 3.8) is 0 Å². The molecule has 3 rings (SSSR count). The van der Waals surface area contributed by atoms with E-state index in [-0.39, 0.29) is 11.8 Å². The molecule has 2 aromatic rings. The van der Waals surface area contributed by atoms with E-state index in [1.165, 1.54) is 9.75 Å². The summed E-state index contributed by atoms with van der Waals surface area (Å²) in [4.78, 5) is 14.7. The average molecular weight is 272 g/mol. The van der Waals surface area contributed by atoms with E-state index < -0.39 is 0 Å². The highest BCUT2D eigenvalue weighted by atomic mass is 32.1. The number of amides is 1. The third kappa shape index (κ3) is 2.49. The van der Waals surface area contributed by atoms with Crippen molar-refractivity contribution in [2.24, 2.45) is 0 Å². The Morgan fingerprint density at radius 1 is 1.37 bits per heavy atom. The molecule has 0 saturated heterocycles. The molecule has 0 radical (unpaired) electrons. The van der Waals surface area contributed by atoms with E-state index in [4.69, 9.17) is 0 Å². The van der Waals surface area contributed by atoms with Gasteiger partial charge in [-0.3, -0.25) is 4.79 Å². The molecule has 0 saturated carbocycles. The molecule has 1 atom stereocenters. The van der Waals surface area contributed by atoms with Crippen molar-refractivity contribution in [1.82, 2.24) is 5.32 Å². The van der Waals surface area contributed by atoms with Crippen LogP contribution in [0.15, 0.2) is 36.4 Å². The van der Waals surface area contributed by atoms with Crippen LogP contribution in [0.2, 0.25) is 0 Å². The highest BCUT2D eigenvalue weighted by Gasteiger charge is 2.27. The van der Waals surface area contributed by atoms with Crippen molar-refractivity contribution in [1.29, 1.82) is 0 Å². The zero-order valence-electron chi connectivity index (χ0n) is 10.8. The minimum Gasteiger partial charge on any atom is -0.384 e. The second-order valence-electron chi connectivity index (χ2n) is 4.75. The Labute approximate surface area is 116 Å². The number of nitrogens with one attached hydrogen (secondary N) is 2. The maximum absolute atomic E-state index is 12.2. The second kappa shape index (κ2) is 5.05. The number of hydrogen-bond acceptors (Lipinski definition) is 3. The summed E-state index contributed by atoms with van der Waals surface area (Å²) in [5.41, 5.74) is 2.18. The zero-order chi connectivity index (χ0) is 13.2. The van der Waals surface area contributed by atoms with Gasteiger partial charge in [0.15, 0.2) is 0 Å². The highest BCUT2D eigenvalue weighted by molar-refractivity contribution is 7.11. The molecule has 0 aliphatic carbocycles. The molecule has 1 aromatic heterocycles. The molecule has 2 heterocycles. The van der Waals surface area contributed by atoms with Gasteiger partial charge >= 0.3 is 0 Å². The minimum absolute atomic E-state index is 0.0720. The summed E-state index contributed by atoms with van der Waals surface area (Å²) < 4.78 is 0. The molecule has 0 spiro atoms. The van der Waals surface area contributed by atoms with Crippen LogP contribution in [0.3, 0.4) is 0 Å². The van der Waals surface area contributed by atoms with Gasteiger partial charge in [-0.15, -0.1) is 11.3 Å². The molecule has 1 aliphatic rings. The Balaban J connectivity index is 1.66. The molecular formula is C15H16N2OS. The molecular weight excluding hydrogens is 256 g/mol. The van der Waals surface area contributed by atoms with Crippen molar-refractivity contribution in [3.05, 3.63) is 51.7 Å². The molecule has 4 heteroatoms. The van der Waals surface area contributed by atoms with Crippen LogP contribution < -0.4 is 10.6 Å². The van der Waals surface area contributed by atoms with E-state index in [0.717, 1.165) is 11.3 Å². The lowest BCUT2D eigenvalue weighted by molar-refractivity contribution is -0.122.